The Bertz CT molecular complexity index is 459. The van der Waals surface area contributed by atoms with Crippen LogP contribution < -0.4 is 5.32 Å². The van der Waals surface area contributed by atoms with Gasteiger partial charge in [0, 0.05) is 42.3 Å². The normalized spacial score (nSPS) is 18.2. The fourth-order valence-electron chi connectivity index (χ4n) is 2.47. The number of nitrogens with zero attached hydrogens (tertiary/aromatic N) is 1. The van der Waals surface area contributed by atoms with Crippen molar-refractivity contribution in [3.8, 4) is 5.75 Å². The first-order chi connectivity index (χ1) is 9.15. The van der Waals surface area contributed by atoms with Gasteiger partial charge >= 0.3 is 0 Å². The van der Waals surface area contributed by atoms with Crippen LogP contribution in [0.5, 0.6) is 5.75 Å². The second-order valence-electron chi connectivity index (χ2n) is 4.62. The van der Waals surface area contributed by atoms with Crippen molar-refractivity contribution in [3.63, 3.8) is 0 Å². The smallest absolute Gasteiger partial charge is 0.135 e. The van der Waals surface area contributed by atoms with Gasteiger partial charge in [-0.05, 0) is 34.5 Å². The molecule has 1 atom stereocenters. The number of phenolic OH excluding ortho intramolecular Hbond substituents is 1. The maximum Gasteiger partial charge on any atom is 0.135 e. The first-order valence-electron chi connectivity index (χ1n) is 6.37. The van der Waals surface area contributed by atoms with Gasteiger partial charge in [-0.25, -0.2) is 0 Å². The molecule has 1 fully saturated rings. The SMILES string of the molecule is C=CC[C@@H](c1c(Br)ccc(Br)c1O)N1CCNCC1. The van der Waals surface area contributed by atoms with Gasteiger partial charge < -0.3 is 10.4 Å². The number of piperazine rings is 1. The standard InChI is InChI=1S/C14H18Br2N2O/c1-2-3-12(18-8-6-17-7-9-18)13-10(15)4-5-11(16)14(13)19/h2,4-5,12,17,19H,1,3,6-9H2/t12-/m0/s1. The van der Waals surface area contributed by atoms with Crippen LogP contribution in [0, 0.1) is 0 Å². The van der Waals surface area contributed by atoms with Gasteiger partial charge in [0.2, 0.25) is 0 Å². The van der Waals surface area contributed by atoms with E-state index in [1.807, 2.05) is 18.2 Å². The number of benzene rings is 1. The zero-order valence-corrected chi connectivity index (χ0v) is 13.9. The van der Waals surface area contributed by atoms with E-state index in [0.29, 0.717) is 5.75 Å². The van der Waals surface area contributed by atoms with Gasteiger partial charge in [0.25, 0.3) is 0 Å². The van der Waals surface area contributed by atoms with E-state index in [0.717, 1.165) is 47.1 Å². The lowest BCUT2D eigenvalue weighted by Crippen LogP contribution is -2.45. The third kappa shape index (κ3) is 3.40. The maximum atomic E-state index is 10.4. The van der Waals surface area contributed by atoms with Gasteiger partial charge in [-0.3, -0.25) is 4.90 Å². The van der Waals surface area contributed by atoms with Crippen LogP contribution in [0.2, 0.25) is 0 Å². The van der Waals surface area contributed by atoms with E-state index in [9.17, 15) is 5.11 Å². The highest BCUT2D eigenvalue weighted by atomic mass is 79.9. The Morgan fingerprint density at radius 3 is 2.58 bits per heavy atom. The summed E-state index contributed by atoms with van der Waals surface area (Å²) in [7, 11) is 0. The average molecular weight is 390 g/mol. The van der Waals surface area contributed by atoms with Crippen LogP contribution in [-0.2, 0) is 0 Å². The molecule has 1 aliphatic heterocycles. The summed E-state index contributed by atoms with van der Waals surface area (Å²) in [6.45, 7) is 7.79. The first kappa shape index (κ1) is 15.0. The van der Waals surface area contributed by atoms with Gasteiger partial charge in [0.15, 0.2) is 0 Å². The minimum absolute atomic E-state index is 0.159. The summed E-state index contributed by atoms with van der Waals surface area (Å²) in [5, 5.41) is 13.7. The van der Waals surface area contributed by atoms with Crippen molar-refractivity contribution in [1.82, 2.24) is 10.2 Å². The van der Waals surface area contributed by atoms with Gasteiger partial charge in [0.1, 0.15) is 5.75 Å². The highest BCUT2D eigenvalue weighted by molar-refractivity contribution is 9.11. The zero-order valence-electron chi connectivity index (χ0n) is 10.7. The molecular weight excluding hydrogens is 372 g/mol. The fraction of sp³-hybridized carbons (Fsp3) is 0.429. The average Bonchev–Trinajstić information content (AvgIpc) is 2.43. The predicted molar refractivity (Wildman–Crippen MR) is 85.5 cm³/mol. The molecule has 104 valence electrons. The Kier molecular flexibility index (Phi) is 5.45. The van der Waals surface area contributed by atoms with E-state index < -0.39 is 0 Å². The molecule has 0 amide bonds. The molecule has 0 unspecified atom stereocenters. The Hall–Kier alpha value is -0.360. The molecule has 1 aromatic carbocycles. The molecule has 5 heteroatoms. The van der Waals surface area contributed by atoms with E-state index in [2.05, 4.69) is 48.7 Å². The van der Waals surface area contributed by atoms with Gasteiger partial charge in [-0.2, -0.15) is 0 Å². The molecule has 1 aromatic rings. The molecule has 1 heterocycles. The fourth-order valence-corrected chi connectivity index (χ4v) is 3.40. The minimum atomic E-state index is 0.159. The first-order valence-corrected chi connectivity index (χ1v) is 7.96. The summed E-state index contributed by atoms with van der Waals surface area (Å²) >= 11 is 6.96. The molecule has 19 heavy (non-hydrogen) atoms. The Morgan fingerprint density at radius 2 is 1.95 bits per heavy atom. The van der Waals surface area contributed by atoms with Crippen LogP contribution in [0.15, 0.2) is 33.7 Å². The van der Waals surface area contributed by atoms with Crippen molar-refractivity contribution in [1.29, 1.82) is 0 Å². The predicted octanol–water partition coefficient (Wildman–Crippen LogP) is 3.44. The number of rotatable bonds is 4. The summed E-state index contributed by atoms with van der Waals surface area (Å²) in [5.41, 5.74) is 0.941. The van der Waals surface area contributed by atoms with Gasteiger partial charge in [0.05, 0.1) is 4.47 Å². The molecule has 0 saturated carbocycles. The monoisotopic (exact) mass is 388 g/mol. The van der Waals surface area contributed by atoms with E-state index >= 15 is 0 Å². The summed E-state index contributed by atoms with van der Waals surface area (Å²) in [5.74, 6) is 0.319. The quantitative estimate of drug-likeness (QED) is 0.774. The van der Waals surface area contributed by atoms with E-state index in [1.54, 1.807) is 0 Å². The molecular formula is C14H18Br2N2O. The second kappa shape index (κ2) is 6.88. The number of halogens is 2. The number of nitrogens with one attached hydrogen (secondary N) is 1. The van der Waals surface area contributed by atoms with Crippen molar-refractivity contribution in [2.24, 2.45) is 0 Å². The third-order valence-electron chi connectivity index (χ3n) is 3.43. The molecule has 2 rings (SSSR count). The van der Waals surface area contributed by atoms with Crippen molar-refractivity contribution >= 4 is 31.9 Å². The Labute approximate surface area is 130 Å². The lowest BCUT2D eigenvalue weighted by molar-refractivity contribution is 0.171. The molecule has 1 saturated heterocycles. The highest BCUT2D eigenvalue weighted by Crippen LogP contribution is 2.41. The number of phenols is 1. The topological polar surface area (TPSA) is 35.5 Å². The highest BCUT2D eigenvalue weighted by Gasteiger charge is 2.26. The molecule has 2 N–H and O–H groups in total. The van der Waals surface area contributed by atoms with Gasteiger partial charge in [-0.1, -0.05) is 22.0 Å². The molecule has 0 bridgehead atoms. The van der Waals surface area contributed by atoms with Crippen molar-refractivity contribution in [3.05, 3.63) is 39.3 Å². The van der Waals surface area contributed by atoms with E-state index in [1.165, 1.54) is 0 Å². The summed E-state index contributed by atoms with van der Waals surface area (Å²) in [6, 6.07) is 3.98. The van der Waals surface area contributed by atoms with Crippen molar-refractivity contribution < 1.29 is 5.11 Å². The molecule has 0 spiro atoms. The van der Waals surface area contributed by atoms with E-state index in [4.69, 9.17) is 0 Å². The zero-order chi connectivity index (χ0) is 13.8. The lowest BCUT2D eigenvalue weighted by Gasteiger charge is -2.35. The molecule has 0 aromatic heterocycles. The Morgan fingerprint density at radius 1 is 1.32 bits per heavy atom. The Balaban J connectivity index is 2.37. The largest absolute Gasteiger partial charge is 0.506 e. The van der Waals surface area contributed by atoms with Crippen LogP contribution in [0.3, 0.4) is 0 Å². The van der Waals surface area contributed by atoms with Gasteiger partial charge in [-0.15, -0.1) is 6.58 Å². The number of aromatic hydroxyl groups is 1. The van der Waals surface area contributed by atoms with E-state index in [-0.39, 0.29) is 6.04 Å². The molecule has 1 aliphatic rings. The van der Waals surface area contributed by atoms with Crippen LogP contribution in [0.1, 0.15) is 18.0 Å². The molecule has 0 aliphatic carbocycles. The van der Waals surface area contributed by atoms with Crippen LogP contribution in [0.25, 0.3) is 0 Å². The summed E-state index contributed by atoms with van der Waals surface area (Å²) < 4.78 is 1.67. The van der Waals surface area contributed by atoms with Crippen LogP contribution in [0.4, 0.5) is 0 Å². The maximum absolute atomic E-state index is 10.4. The van der Waals surface area contributed by atoms with Crippen molar-refractivity contribution in [2.75, 3.05) is 26.2 Å². The van der Waals surface area contributed by atoms with Crippen molar-refractivity contribution in [2.45, 2.75) is 12.5 Å². The number of hydrogen-bond donors (Lipinski definition) is 2. The summed E-state index contributed by atoms with van der Waals surface area (Å²) in [6.07, 6.45) is 2.74. The second-order valence-corrected chi connectivity index (χ2v) is 6.33. The van der Waals surface area contributed by atoms with Crippen LogP contribution in [-0.4, -0.2) is 36.2 Å². The lowest BCUT2D eigenvalue weighted by atomic mass is 10.00. The molecule has 3 nitrogen and oxygen atoms in total. The summed E-state index contributed by atoms with van der Waals surface area (Å²) in [4.78, 5) is 2.39. The number of hydrogen-bond acceptors (Lipinski definition) is 3. The molecule has 0 radical (unpaired) electrons. The minimum Gasteiger partial charge on any atom is -0.506 e. The van der Waals surface area contributed by atoms with Crippen LogP contribution >= 0.6 is 31.9 Å². The third-order valence-corrected chi connectivity index (χ3v) is 4.76.